The van der Waals surface area contributed by atoms with Crippen molar-refractivity contribution in [3.05, 3.63) is 84.6 Å². The first-order valence-electron chi connectivity index (χ1n) is 6.43. The molecule has 0 N–H and O–H groups in total. The SMILES string of the molecule is C=CN(Cc1ccccc1)C(=O)OCc1ccccc1. The average Bonchev–Trinajstić information content (AvgIpc) is 2.52. The second-order valence-electron chi connectivity index (χ2n) is 4.34. The van der Waals surface area contributed by atoms with Crippen LogP contribution in [0.1, 0.15) is 11.1 Å². The highest BCUT2D eigenvalue weighted by Gasteiger charge is 2.12. The van der Waals surface area contributed by atoms with Gasteiger partial charge in [0.05, 0.1) is 6.54 Å². The van der Waals surface area contributed by atoms with Gasteiger partial charge in [-0.2, -0.15) is 0 Å². The highest BCUT2D eigenvalue weighted by Crippen LogP contribution is 2.08. The molecular formula is C17H17NO2. The van der Waals surface area contributed by atoms with E-state index in [2.05, 4.69) is 6.58 Å². The molecule has 3 heteroatoms. The average molecular weight is 267 g/mol. The molecule has 0 unspecified atom stereocenters. The van der Waals surface area contributed by atoms with Gasteiger partial charge in [-0.3, -0.25) is 4.90 Å². The van der Waals surface area contributed by atoms with E-state index in [9.17, 15) is 4.79 Å². The van der Waals surface area contributed by atoms with Gasteiger partial charge in [0.2, 0.25) is 0 Å². The zero-order chi connectivity index (χ0) is 14.2. The summed E-state index contributed by atoms with van der Waals surface area (Å²) in [6.07, 6.45) is 1.09. The molecule has 0 spiro atoms. The van der Waals surface area contributed by atoms with E-state index in [0.29, 0.717) is 6.54 Å². The zero-order valence-electron chi connectivity index (χ0n) is 11.2. The van der Waals surface area contributed by atoms with Gasteiger partial charge in [-0.05, 0) is 11.1 Å². The van der Waals surface area contributed by atoms with Gasteiger partial charge in [-0.1, -0.05) is 67.2 Å². The van der Waals surface area contributed by atoms with E-state index in [4.69, 9.17) is 4.74 Å². The van der Waals surface area contributed by atoms with Crippen molar-refractivity contribution in [3.63, 3.8) is 0 Å². The van der Waals surface area contributed by atoms with Crippen LogP contribution in [-0.4, -0.2) is 11.0 Å². The molecule has 0 heterocycles. The molecule has 2 aromatic rings. The van der Waals surface area contributed by atoms with Crippen LogP contribution < -0.4 is 0 Å². The van der Waals surface area contributed by atoms with Crippen molar-refractivity contribution in [2.75, 3.05) is 0 Å². The molecule has 0 aliphatic heterocycles. The first-order valence-corrected chi connectivity index (χ1v) is 6.43. The van der Waals surface area contributed by atoms with Crippen molar-refractivity contribution in [2.24, 2.45) is 0 Å². The topological polar surface area (TPSA) is 29.5 Å². The molecule has 3 nitrogen and oxygen atoms in total. The molecule has 0 fully saturated rings. The van der Waals surface area contributed by atoms with E-state index < -0.39 is 6.09 Å². The summed E-state index contributed by atoms with van der Waals surface area (Å²) in [4.78, 5) is 13.4. The number of hydrogen-bond acceptors (Lipinski definition) is 2. The highest BCUT2D eigenvalue weighted by atomic mass is 16.6. The van der Waals surface area contributed by atoms with Gasteiger partial charge >= 0.3 is 6.09 Å². The van der Waals surface area contributed by atoms with Crippen LogP contribution in [0.25, 0.3) is 0 Å². The first-order chi connectivity index (χ1) is 9.79. The normalized spacial score (nSPS) is 9.80. The number of carbonyl (C=O) groups excluding carboxylic acids is 1. The van der Waals surface area contributed by atoms with Crippen molar-refractivity contribution in [1.29, 1.82) is 0 Å². The minimum Gasteiger partial charge on any atom is -0.444 e. The van der Waals surface area contributed by atoms with Crippen LogP contribution in [0.3, 0.4) is 0 Å². The molecule has 0 aliphatic rings. The van der Waals surface area contributed by atoms with Crippen LogP contribution in [0.15, 0.2) is 73.4 Å². The number of benzene rings is 2. The summed E-state index contributed by atoms with van der Waals surface area (Å²) < 4.78 is 5.27. The van der Waals surface area contributed by atoms with Crippen LogP contribution in [-0.2, 0) is 17.9 Å². The minimum absolute atomic E-state index is 0.263. The molecule has 2 aromatic carbocycles. The number of carbonyl (C=O) groups is 1. The smallest absolute Gasteiger partial charge is 0.414 e. The minimum atomic E-state index is -0.396. The Morgan fingerprint density at radius 1 is 1.00 bits per heavy atom. The molecule has 20 heavy (non-hydrogen) atoms. The molecule has 0 aromatic heterocycles. The third-order valence-electron chi connectivity index (χ3n) is 2.86. The highest BCUT2D eigenvalue weighted by molar-refractivity contribution is 5.68. The van der Waals surface area contributed by atoms with Crippen LogP contribution in [0, 0.1) is 0 Å². The lowest BCUT2D eigenvalue weighted by Crippen LogP contribution is -2.25. The van der Waals surface area contributed by atoms with Gasteiger partial charge in [-0.15, -0.1) is 0 Å². The lowest BCUT2D eigenvalue weighted by molar-refractivity contribution is 0.109. The number of amides is 1. The third kappa shape index (κ3) is 3.99. The van der Waals surface area contributed by atoms with E-state index in [0.717, 1.165) is 11.1 Å². The summed E-state index contributed by atoms with van der Waals surface area (Å²) >= 11 is 0. The molecular weight excluding hydrogens is 250 g/mol. The van der Waals surface area contributed by atoms with E-state index in [1.807, 2.05) is 60.7 Å². The van der Waals surface area contributed by atoms with Crippen LogP contribution >= 0.6 is 0 Å². The van der Waals surface area contributed by atoms with Gasteiger partial charge in [-0.25, -0.2) is 4.79 Å². The Morgan fingerprint density at radius 3 is 2.10 bits per heavy atom. The Balaban J connectivity index is 1.91. The quantitative estimate of drug-likeness (QED) is 0.820. The monoisotopic (exact) mass is 267 g/mol. The molecule has 0 saturated heterocycles. The lowest BCUT2D eigenvalue weighted by Gasteiger charge is -2.17. The third-order valence-corrected chi connectivity index (χ3v) is 2.86. The van der Waals surface area contributed by atoms with Gasteiger partial charge in [0.1, 0.15) is 6.61 Å². The maximum Gasteiger partial charge on any atom is 0.414 e. The summed E-state index contributed by atoms with van der Waals surface area (Å²) in [5.74, 6) is 0. The maximum atomic E-state index is 12.0. The first kappa shape index (κ1) is 13.9. The van der Waals surface area contributed by atoms with Crippen molar-refractivity contribution in [1.82, 2.24) is 4.90 Å². The molecule has 1 amide bonds. The number of hydrogen-bond donors (Lipinski definition) is 0. The number of ether oxygens (including phenoxy) is 1. The Bertz CT molecular complexity index is 552. The van der Waals surface area contributed by atoms with Crippen LogP contribution in [0.2, 0.25) is 0 Å². The predicted molar refractivity (Wildman–Crippen MR) is 78.8 cm³/mol. The summed E-state index contributed by atoms with van der Waals surface area (Å²) in [7, 11) is 0. The van der Waals surface area contributed by atoms with Gasteiger partial charge in [0, 0.05) is 6.20 Å². The van der Waals surface area contributed by atoms with Crippen molar-refractivity contribution >= 4 is 6.09 Å². The summed E-state index contributed by atoms with van der Waals surface area (Å²) in [6, 6.07) is 19.3. The second kappa shape index (κ2) is 7.14. The summed E-state index contributed by atoms with van der Waals surface area (Å²) in [6.45, 7) is 4.38. The van der Waals surface area contributed by atoms with E-state index >= 15 is 0 Å². The second-order valence-corrected chi connectivity index (χ2v) is 4.34. The maximum absolute atomic E-state index is 12.0. The Morgan fingerprint density at radius 2 is 1.55 bits per heavy atom. The molecule has 2 rings (SSSR count). The standard InChI is InChI=1S/C17H17NO2/c1-2-18(13-15-9-5-3-6-10-15)17(19)20-14-16-11-7-4-8-12-16/h2-12H,1,13-14H2. The van der Waals surface area contributed by atoms with Crippen LogP contribution in [0.4, 0.5) is 4.79 Å². The van der Waals surface area contributed by atoms with Crippen LogP contribution in [0.5, 0.6) is 0 Å². The van der Waals surface area contributed by atoms with Crippen molar-refractivity contribution < 1.29 is 9.53 Å². The van der Waals surface area contributed by atoms with Gasteiger partial charge in [0.25, 0.3) is 0 Å². The molecule has 0 atom stereocenters. The van der Waals surface area contributed by atoms with Gasteiger partial charge in [0.15, 0.2) is 0 Å². The number of nitrogens with zero attached hydrogens (tertiary/aromatic N) is 1. The Labute approximate surface area is 119 Å². The fourth-order valence-electron chi connectivity index (χ4n) is 1.79. The Hall–Kier alpha value is -2.55. The molecule has 0 radical (unpaired) electrons. The fourth-order valence-corrected chi connectivity index (χ4v) is 1.79. The molecule has 0 bridgehead atoms. The molecule has 0 saturated carbocycles. The molecule has 102 valence electrons. The largest absolute Gasteiger partial charge is 0.444 e. The fraction of sp³-hybridized carbons (Fsp3) is 0.118. The van der Waals surface area contributed by atoms with E-state index in [-0.39, 0.29) is 6.61 Å². The van der Waals surface area contributed by atoms with Gasteiger partial charge < -0.3 is 4.74 Å². The predicted octanol–water partition coefficient (Wildman–Crippen LogP) is 3.97. The van der Waals surface area contributed by atoms with E-state index in [1.54, 1.807) is 0 Å². The molecule has 0 aliphatic carbocycles. The van der Waals surface area contributed by atoms with E-state index in [1.165, 1.54) is 11.1 Å². The zero-order valence-corrected chi connectivity index (χ0v) is 11.2. The summed E-state index contributed by atoms with van der Waals surface area (Å²) in [5.41, 5.74) is 1.99. The lowest BCUT2D eigenvalue weighted by atomic mass is 10.2. The Kier molecular flexibility index (Phi) is 4.95. The number of rotatable bonds is 5. The van der Waals surface area contributed by atoms with Crippen molar-refractivity contribution in [2.45, 2.75) is 13.2 Å². The van der Waals surface area contributed by atoms with Crippen molar-refractivity contribution in [3.8, 4) is 0 Å². The summed E-state index contributed by atoms with van der Waals surface area (Å²) in [5, 5.41) is 0.